The van der Waals surface area contributed by atoms with Crippen LogP contribution in [-0.4, -0.2) is 50.4 Å². The largest absolute Gasteiger partial charge is 0.508 e. The zero-order chi connectivity index (χ0) is 25.2. The summed E-state index contributed by atoms with van der Waals surface area (Å²) in [6.45, 7) is 5.60. The van der Waals surface area contributed by atoms with Gasteiger partial charge in [-0.1, -0.05) is 0 Å². The number of phenolic OH excluding ortho intramolecular Hbond substituents is 2. The summed E-state index contributed by atoms with van der Waals surface area (Å²) in [6, 6.07) is 9.16. The van der Waals surface area contributed by atoms with E-state index in [-0.39, 0.29) is 23.8 Å². The number of hydrogen-bond donors (Lipinski definition) is 6. The fourth-order valence-corrected chi connectivity index (χ4v) is 4.03. The van der Waals surface area contributed by atoms with Crippen LogP contribution in [-0.2, 0) is 22.4 Å². The molecule has 0 unspecified atom stereocenters. The number of hydrogen-bond acceptors (Lipinski definition) is 5. The number of aromatic hydroxyl groups is 2. The topological polar surface area (TPSA) is 139 Å². The summed E-state index contributed by atoms with van der Waals surface area (Å²) in [7, 11) is 0. The van der Waals surface area contributed by atoms with Crippen molar-refractivity contribution in [3.63, 3.8) is 0 Å². The van der Waals surface area contributed by atoms with E-state index in [0.29, 0.717) is 13.0 Å². The van der Waals surface area contributed by atoms with E-state index in [4.69, 9.17) is 4.74 Å². The third-order valence-corrected chi connectivity index (χ3v) is 5.63. The van der Waals surface area contributed by atoms with Crippen LogP contribution < -0.4 is 10.6 Å². The Morgan fingerprint density at radius 2 is 1.51 bits per heavy atom. The van der Waals surface area contributed by atoms with Crippen molar-refractivity contribution in [3.05, 3.63) is 59.9 Å². The molecule has 0 saturated carbocycles. The second-order valence-electron chi connectivity index (χ2n) is 9.53. The predicted molar refractivity (Wildman–Crippen MR) is 134 cm³/mol. The molecular formula is C26H30N4O5. The third-order valence-electron chi connectivity index (χ3n) is 5.63. The smallest absolute Gasteiger partial charge is 0.408 e. The summed E-state index contributed by atoms with van der Waals surface area (Å²) in [4.78, 5) is 31.9. The second kappa shape index (κ2) is 9.61. The van der Waals surface area contributed by atoms with Crippen molar-refractivity contribution in [1.82, 2.24) is 20.6 Å². The molecule has 2 aromatic heterocycles. The van der Waals surface area contributed by atoms with Gasteiger partial charge in [0.15, 0.2) is 0 Å². The van der Waals surface area contributed by atoms with E-state index < -0.39 is 17.7 Å². The Labute approximate surface area is 202 Å². The fraction of sp³-hybridized carbons (Fsp3) is 0.308. The van der Waals surface area contributed by atoms with Gasteiger partial charge in [0.1, 0.15) is 23.1 Å². The lowest BCUT2D eigenvalue weighted by Crippen LogP contribution is -2.49. The minimum Gasteiger partial charge on any atom is -0.508 e. The molecule has 9 nitrogen and oxygen atoms in total. The number of aromatic amines is 2. The van der Waals surface area contributed by atoms with Crippen molar-refractivity contribution in [2.75, 3.05) is 6.54 Å². The lowest BCUT2D eigenvalue weighted by atomic mass is 10.0. The Bertz CT molecular complexity index is 1370. The highest BCUT2D eigenvalue weighted by atomic mass is 16.6. The second-order valence-corrected chi connectivity index (χ2v) is 9.53. The van der Waals surface area contributed by atoms with E-state index in [1.165, 1.54) is 0 Å². The number of H-pyrrole nitrogens is 2. The van der Waals surface area contributed by atoms with Gasteiger partial charge < -0.3 is 35.6 Å². The molecule has 0 saturated heterocycles. The molecule has 0 aliphatic rings. The zero-order valence-corrected chi connectivity index (χ0v) is 19.9. The van der Waals surface area contributed by atoms with Crippen LogP contribution in [0.3, 0.4) is 0 Å². The summed E-state index contributed by atoms with van der Waals surface area (Å²) in [5, 5.41) is 26.9. The number of ether oxygens (including phenoxy) is 1. The molecule has 0 aliphatic heterocycles. The molecule has 6 N–H and O–H groups in total. The lowest BCUT2D eigenvalue weighted by molar-refractivity contribution is -0.123. The highest BCUT2D eigenvalue weighted by Gasteiger charge is 2.25. The van der Waals surface area contributed by atoms with Crippen molar-refractivity contribution < 1.29 is 24.5 Å². The molecular weight excluding hydrogens is 448 g/mol. The van der Waals surface area contributed by atoms with E-state index in [1.54, 1.807) is 63.4 Å². The number of amides is 2. The number of fused-ring (bicyclic) bond motifs is 2. The number of carbonyl (C=O) groups excluding carboxylic acids is 2. The van der Waals surface area contributed by atoms with Crippen LogP contribution in [0.15, 0.2) is 48.8 Å². The average molecular weight is 479 g/mol. The summed E-state index contributed by atoms with van der Waals surface area (Å²) in [6.07, 6.45) is 3.67. The Morgan fingerprint density at radius 3 is 2.11 bits per heavy atom. The van der Waals surface area contributed by atoms with Crippen molar-refractivity contribution in [2.45, 2.75) is 45.3 Å². The quantitative estimate of drug-likeness (QED) is 0.239. The first kappa shape index (κ1) is 24.0. The molecule has 4 aromatic rings. The molecule has 0 fully saturated rings. The van der Waals surface area contributed by atoms with Crippen molar-refractivity contribution in [2.24, 2.45) is 0 Å². The minimum atomic E-state index is -0.891. The normalized spacial score (nSPS) is 12.5. The van der Waals surface area contributed by atoms with Gasteiger partial charge in [-0.2, -0.15) is 0 Å². The maximum absolute atomic E-state index is 13.1. The number of nitrogens with one attached hydrogen (secondary N) is 4. The molecule has 0 spiro atoms. The molecule has 2 amide bonds. The van der Waals surface area contributed by atoms with E-state index in [9.17, 15) is 19.8 Å². The van der Waals surface area contributed by atoms with Gasteiger partial charge in [0, 0.05) is 47.2 Å². The van der Waals surface area contributed by atoms with Crippen LogP contribution >= 0.6 is 0 Å². The Kier molecular flexibility index (Phi) is 6.59. The first-order valence-corrected chi connectivity index (χ1v) is 11.4. The van der Waals surface area contributed by atoms with Crippen molar-refractivity contribution in [3.8, 4) is 11.5 Å². The molecule has 0 radical (unpaired) electrons. The molecule has 9 heteroatoms. The van der Waals surface area contributed by atoms with E-state index in [1.807, 2.05) is 6.20 Å². The van der Waals surface area contributed by atoms with Gasteiger partial charge in [-0.3, -0.25) is 4.79 Å². The van der Waals surface area contributed by atoms with Gasteiger partial charge in [-0.05, 0) is 74.7 Å². The summed E-state index contributed by atoms with van der Waals surface area (Å²) < 4.78 is 5.36. The molecule has 2 aromatic carbocycles. The lowest BCUT2D eigenvalue weighted by Gasteiger charge is -2.23. The summed E-state index contributed by atoms with van der Waals surface area (Å²) in [5.74, 6) is -0.0638. The third kappa shape index (κ3) is 5.87. The SMILES string of the molecule is CC(C)(C)OC(=O)N[C@@H](Cc1c[nH]c2ccc(O)cc12)C(=O)NCCc1c[nH]c2ccc(O)cc12. The maximum atomic E-state index is 13.1. The number of phenols is 2. The fourth-order valence-electron chi connectivity index (χ4n) is 4.03. The summed E-state index contributed by atoms with van der Waals surface area (Å²) in [5.41, 5.74) is 2.74. The van der Waals surface area contributed by atoms with Crippen LogP contribution in [0.5, 0.6) is 11.5 Å². The molecule has 0 bridgehead atoms. The predicted octanol–water partition coefficient (Wildman–Crippen LogP) is 3.86. The zero-order valence-electron chi connectivity index (χ0n) is 19.9. The van der Waals surface area contributed by atoms with Crippen LogP contribution in [0.25, 0.3) is 21.8 Å². The number of aromatic nitrogens is 2. The monoisotopic (exact) mass is 478 g/mol. The number of rotatable bonds is 7. The first-order chi connectivity index (χ1) is 16.6. The van der Waals surface area contributed by atoms with Crippen LogP contribution in [0.4, 0.5) is 4.79 Å². The van der Waals surface area contributed by atoms with Gasteiger partial charge in [0.05, 0.1) is 0 Å². The molecule has 1 atom stereocenters. The van der Waals surface area contributed by atoms with Gasteiger partial charge in [0.2, 0.25) is 5.91 Å². The molecule has 4 rings (SSSR count). The molecule has 35 heavy (non-hydrogen) atoms. The van der Waals surface area contributed by atoms with Gasteiger partial charge in [-0.25, -0.2) is 4.79 Å². The maximum Gasteiger partial charge on any atom is 0.408 e. The van der Waals surface area contributed by atoms with Crippen molar-refractivity contribution >= 4 is 33.8 Å². The first-order valence-electron chi connectivity index (χ1n) is 11.4. The summed E-state index contributed by atoms with van der Waals surface area (Å²) >= 11 is 0. The standard InChI is InChI=1S/C26H30N4O5/c1-26(2,3)35-25(34)30-23(10-16-14-29-22-7-5-18(32)12-20(16)22)24(33)27-9-8-15-13-28-21-6-4-17(31)11-19(15)21/h4-7,11-14,23,28-29,31-32H,8-10H2,1-3H3,(H,27,33)(H,30,34)/t23-/m0/s1. The van der Waals surface area contributed by atoms with E-state index in [2.05, 4.69) is 20.6 Å². The molecule has 184 valence electrons. The number of carbonyl (C=O) groups is 2. The highest BCUT2D eigenvalue weighted by Crippen LogP contribution is 2.25. The van der Waals surface area contributed by atoms with Crippen LogP contribution in [0.1, 0.15) is 31.9 Å². The highest BCUT2D eigenvalue weighted by molar-refractivity contribution is 5.89. The Hall–Kier alpha value is -4.14. The Morgan fingerprint density at radius 1 is 0.943 bits per heavy atom. The average Bonchev–Trinajstić information content (AvgIpc) is 3.35. The van der Waals surface area contributed by atoms with Crippen LogP contribution in [0.2, 0.25) is 0 Å². The van der Waals surface area contributed by atoms with Gasteiger partial charge in [0.25, 0.3) is 0 Å². The number of benzene rings is 2. The number of alkyl carbamates (subject to hydrolysis) is 1. The minimum absolute atomic E-state index is 0.115. The van der Waals surface area contributed by atoms with Gasteiger partial charge >= 0.3 is 6.09 Å². The van der Waals surface area contributed by atoms with E-state index in [0.717, 1.165) is 32.9 Å². The van der Waals surface area contributed by atoms with Crippen LogP contribution in [0, 0.1) is 0 Å². The van der Waals surface area contributed by atoms with Gasteiger partial charge in [-0.15, -0.1) is 0 Å². The van der Waals surface area contributed by atoms with E-state index >= 15 is 0 Å². The molecule has 2 heterocycles. The molecule has 0 aliphatic carbocycles. The Balaban J connectivity index is 1.48. The van der Waals surface area contributed by atoms with Crippen molar-refractivity contribution in [1.29, 1.82) is 0 Å².